The quantitative estimate of drug-likeness (QED) is 0.612. The van der Waals surface area contributed by atoms with E-state index in [0.29, 0.717) is 23.5 Å². The highest BCUT2D eigenvalue weighted by molar-refractivity contribution is 8.02. The van der Waals surface area contributed by atoms with Gasteiger partial charge in [0.15, 0.2) is 9.84 Å². The molecule has 3 aromatic rings. The van der Waals surface area contributed by atoms with E-state index >= 15 is 0 Å². The van der Waals surface area contributed by atoms with E-state index in [-0.39, 0.29) is 35.0 Å². The van der Waals surface area contributed by atoms with Crippen LogP contribution in [0.4, 0.5) is 4.39 Å². The van der Waals surface area contributed by atoms with Gasteiger partial charge in [-0.1, -0.05) is 12.1 Å². The minimum absolute atomic E-state index is 0.0349. The van der Waals surface area contributed by atoms with Crippen LogP contribution in [0.2, 0.25) is 0 Å². The van der Waals surface area contributed by atoms with Crippen molar-refractivity contribution in [1.29, 1.82) is 0 Å². The van der Waals surface area contributed by atoms with E-state index in [1.165, 1.54) is 23.9 Å². The Labute approximate surface area is 178 Å². The SMILES string of the molecule is O=C(NCc1ccc(-c2ccc(F)cc2)o1)c1ccccc1S[C@H]1CCS(=O)(=O)C1. The zero-order chi connectivity index (χ0) is 21.1. The number of furan rings is 1. The third-order valence-electron chi connectivity index (χ3n) is 4.83. The van der Waals surface area contributed by atoms with Crippen LogP contribution in [-0.4, -0.2) is 31.1 Å². The first-order valence-corrected chi connectivity index (χ1v) is 12.2. The van der Waals surface area contributed by atoms with E-state index in [0.717, 1.165) is 10.5 Å². The monoisotopic (exact) mass is 445 g/mol. The molecule has 0 aliphatic carbocycles. The predicted octanol–water partition coefficient (Wildman–Crippen LogP) is 4.29. The number of hydrogen-bond acceptors (Lipinski definition) is 5. The number of sulfone groups is 1. The van der Waals surface area contributed by atoms with Crippen molar-refractivity contribution in [2.45, 2.75) is 23.1 Å². The van der Waals surface area contributed by atoms with E-state index in [9.17, 15) is 17.6 Å². The van der Waals surface area contributed by atoms with Gasteiger partial charge in [0.2, 0.25) is 0 Å². The van der Waals surface area contributed by atoms with Crippen molar-refractivity contribution in [3.63, 3.8) is 0 Å². The molecule has 1 atom stereocenters. The van der Waals surface area contributed by atoms with Gasteiger partial charge in [-0.3, -0.25) is 4.79 Å². The fourth-order valence-electron chi connectivity index (χ4n) is 3.30. The summed E-state index contributed by atoms with van der Waals surface area (Å²) in [4.78, 5) is 13.5. The van der Waals surface area contributed by atoms with Crippen LogP contribution in [0.3, 0.4) is 0 Å². The zero-order valence-corrected chi connectivity index (χ0v) is 17.6. The predicted molar refractivity (Wildman–Crippen MR) is 115 cm³/mol. The second-order valence-corrected chi connectivity index (χ2v) is 10.7. The lowest BCUT2D eigenvalue weighted by atomic mass is 10.2. The molecule has 1 aliphatic rings. The van der Waals surface area contributed by atoms with E-state index in [2.05, 4.69) is 5.32 Å². The van der Waals surface area contributed by atoms with Crippen LogP contribution in [0, 0.1) is 5.82 Å². The average Bonchev–Trinajstić information content (AvgIpc) is 3.33. The van der Waals surface area contributed by atoms with Crippen LogP contribution in [0.15, 0.2) is 70.0 Å². The summed E-state index contributed by atoms with van der Waals surface area (Å²) in [5.74, 6) is 0.954. The number of carbonyl (C=O) groups is 1. The molecule has 156 valence electrons. The molecule has 2 aromatic carbocycles. The first kappa shape index (κ1) is 20.7. The molecule has 0 spiro atoms. The van der Waals surface area contributed by atoms with Gasteiger partial charge in [0.25, 0.3) is 5.91 Å². The molecule has 1 fully saturated rings. The highest BCUT2D eigenvalue weighted by atomic mass is 32.2. The van der Waals surface area contributed by atoms with E-state index < -0.39 is 9.84 Å². The second kappa shape index (κ2) is 8.65. The minimum atomic E-state index is -2.97. The number of nitrogens with one attached hydrogen (secondary N) is 1. The van der Waals surface area contributed by atoms with Gasteiger partial charge in [0.05, 0.1) is 23.6 Å². The molecule has 1 amide bonds. The van der Waals surface area contributed by atoms with E-state index in [4.69, 9.17) is 4.42 Å². The number of amides is 1. The maximum Gasteiger partial charge on any atom is 0.252 e. The lowest BCUT2D eigenvalue weighted by Gasteiger charge is -2.12. The Morgan fingerprint density at radius 2 is 1.87 bits per heavy atom. The van der Waals surface area contributed by atoms with Crippen molar-refractivity contribution in [3.05, 3.63) is 77.8 Å². The summed E-state index contributed by atoms with van der Waals surface area (Å²) >= 11 is 1.44. The normalized spacial score (nSPS) is 17.7. The summed E-state index contributed by atoms with van der Waals surface area (Å²) in [6.07, 6.45) is 0.599. The third kappa shape index (κ3) is 4.94. The van der Waals surface area contributed by atoms with Crippen LogP contribution in [0.25, 0.3) is 11.3 Å². The molecule has 8 heteroatoms. The molecule has 1 aromatic heterocycles. The molecule has 30 heavy (non-hydrogen) atoms. The van der Waals surface area contributed by atoms with Crippen molar-refractivity contribution >= 4 is 27.5 Å². The van der Waals surface area contributed by atoms with E-state index in [1.807, 2.05) is 12.1 Å². The number of rotatable bonds is 6. The van der Waals surface area contributed by atoms with Gasteiger partial charge in [0, 0.05) is 15.7 Å². The molecule has 0 saturated carbocycles. The largest absolute Gasteiger partial charge is 0.459 e. The molecule has 1 saturated heterocycles. The van der Waals surface area contributed by atoms with Crippen LogP contribution in [-0.2, 0) is 16.4 Å². The van der Waals surface area contributed by atoms with Gasteiger partial charge in [-0.05, 0) is 55.0 Å². The van der Waals surface area contributed by atoms with Gasteiger partial charge < -0.3 is 9.73 Å². The molecule has 0 bridgehead atoms. The lowest BCUT2D eigenvalue weighted by Crippen LogP contribution is -2.23. The van der Waals surface area contributed by atoms with Gasteiger partial charge >= 0.3 is 0 Å². The van der Waals surface area contributed by atoms with Crippen LogP contribution >= 0.6 is 11.8 Å². The Bertz CT molecular complexity index is 1160. The Hall–Kier alpha value is -2.58. The van der Waals surface area contributed by atoms with Crippen molar-refractivity contribution in [2.24, 2.45) is 0 Å². The summed E-state index contributed by atoms with van der Waals surface area (Å²) < 4.78 is 42.2. The summed E-state index contributed by atoms with van der Waals surface area (Å²) in [7, 11) is -2.97. The summed E-state index contributed by atoms with van der Waals surface area (Å²) in [5.41, 5.74) is 1.26. The average molecular weight is 446 g/mol. The molecule has 0 radical (unpaired) electrons. The van der Waals surface area contributed by atoms with Gasteiger partial charge in [-0.2, -0.15) is 0 Å². The fourth-order valence-corrected chi connectivity index (χ4v) is 6.92. The molecule has 0 unspecified atom stereocenters. The van der Waals surface area contributed by atoms with Gasteiger partial charge in [-0.25, -0.2) is 12.8 Å². The van der Waals surface area contributed by atoms with Crippen LogP contribution in [0.5, 0.6) is 0 Å². The maximum absolute atomic E-state index is 13.1. The molecule has 2 heterocycles. The third-order valence-corrected chi connectivity index (χ3v) is 8.15. The number of thioether (sulfide) groups is 1. The molecule has 5 nitrogen and oxygen atoms in total. The van der Waals surface area contributed by atoms with Crippen LogP contribution in [0.1, 0.15) is 22.5 Å². The Balaban J connectivity index is 1.41. The number of benzene rings is 2. The fraction of sp³-hybridized carbons (Fsp3) is 0.227. The van der Waals surface area contributed by atoms with Crippen LogP contribution < -0.4 is 5.32 Å². The number of halogens is 1. The van der Waals surface area contributed by atoms with E-state index in [1.54, 1.807) is 36.4 Å². The highest BCUT2D eigenvalue weighted by Crippen LogP contribution is 2.33. The van der Waals surface area contributed by atoms with Crippen molar-refractivity contribution < 1.29 is 22.0 Å². The smallest absolute Gasteiger partial charge is 0.252 e. The number of carbonyl (C=O) groups excluding carboxylic acids is 1. The number of hydrogen-bond donors (Lipinski definition) is 1. The summed E-state index contributed by atoms with van der Waals surface area (Å²) in [5, 5.41) is 2.81. The van der Waals surface area contributed by atoms with Crippen molar-refractivity contribution in [1.82, 2.24) is 5.32 Å². The lowest BCUT2D eigenvalue weighted by molar-refractivity contribution is 0.0945. The minimum Gasteiger partial charge on any atom is -0.459 e. The summed E-state index contributed by atoms with van der Waals surface area (Å²) in [6.45, 7) is 0.205. The highest BCUT2D eigenvalue weighted by Gasteiger charge is 2.29. The standard InChI is InChI=1S/C22H20FNO4S2/c23-16-7-5-15(6-8-16)20-10-9-17(28-20)13-24-22(25)19-3-1-2-4-21(19)29-18-11-12-30(26,27)14-18/h1-10,18H,11-14H2,(H,24,25)/t18-/m0/s1. The molecular weight excluding hydrogens is 425 g/mol. The molecule has 1 aliphatic heterocycles. The summed E-state index contributed by atoms with van der Waals surface area (Å²) in [6, 6.07) is 16.7. The maximum atomic E-state index is 13.1. The van der Waals surface area contributed by atoms with Gasteiger partial charge in [0.1, 0.15) is 17.3 Å². The van der Waals surface area contributed by atoms with Crippen molar-refractivity contribution in [3.8, 4) is 11.3 Å². The molecule has 4 rings (SSSR count). The Kier molecular flexibility index (Phi) is 5.97. The first-order valence-electron chi connectivity index (χ1n) is 9.48. The molecular formula is C22H20FNO4S2. The van der Waals surface area contributed by atoms with Gasteiger partial charge in [-0.15, -0.1) is 11.8 Å². The zero-order valence-electron chi connectivity index (χ0n) is 16.0. The second-order valence-electron chi connectivity index (χ2n) is 7.09. The Morgan fingerprint density at radius 1 is 1.10 bits per heavy atom. The Morgan fingerprint density at radius 3 is 2.60 bits per heavy atom. The molecule has 1 N–H and O–H groups in total. The van der Waals surface area contributed by atoms with Crippen molar-refractivity contribution in [2.75, 3.05) is 11.5 Å². The first-order chi connectivity index (χ1) is 14.4. The topological polar surface area (TPSA) is 76.4 Å².